The molecule has 10 rings (SSSR count). The number of pyridine rings is 2. The topological polar surface area (TPSA) is 71.8 Å². The van der Waals surface area contributed by atoms with Gasteiger partial charge in [-0.3, -0.25) is 15.0 Å². The van der Waals surface area contributed by atoms with Gasteiger partial charge >= 0.3 is 0 Å². The van der Waals surface area contributed by atoms with Crippen molar-refractivity contribution in [3.63, 3.8) is 0 Å². The SMILES string of the molecule is CC(C)(C)c1ccc2c(c1)C(c1[c-]c(-c3ncnc4cc5ccccc5cc34)ccc1)(c1cccc(-c3ccccc3O)n1)c1cc(-c3ccccn3)ccc1-2.[Pt]. The summed E-state index contributed by atoms with van der Waals surface area (Å²) in [5.74, 6) is 0.183. The minimum absolute atomic E-state index is 0. The van der Waals surface area contributed by atoms with E-state index in [4.69, 9.17) is 19.9 Å². The first-order valence-corrected chi connectivity index (χ1v) is 18.9. The quantitative estimate of drug-likeness (QED) is 0.138. The van der Waals surface area contributed by atoms with Crippen LogP contribution >= 0.6 is 0 Å². The number of aromatic hydroxyl groups is 1. The molecule has 278 valence electrons. The number of rotatable bonds is 5. The summed E-state index contributed by atoms with van der Waals surface area (Å²) in [6, 6.07) is 56.1. The molecule has 0 fully saturated rings. The minimum Gasteiger partial charge on any atom is -0.507 e. The van der Waals surface area contributed by atoms with E-state index in [-0.39, 0.29) is 32.2 Å². The molecule has 1 N–H and O–H groups in total. The molecule has 57 heavy (non-hydrogen) atoms. The van der Waals surface area contributed by atoms with Crippen LogP contribution in [-0.4, -0.2) is 25.0 Å². The summed E-state index contributed by atoms with van der Waals surface area (Å²) in [5, 5.41) is 14.3. The van der Waals surface area contributed by atoms with Gasteiger partial charge in [0.25, 0.3) is 0 Å². The molecule has 0 saturated heterocycles. The normalized spacial score (nSPS) is 14.6. The van der Waals surface area contributed by atoms with Crippen LogP contribution in [0.15, 0.2) is 164 Å². The van der Waals surface area contributed by atoms with Crippen LogP contribution in [0.1, 0.15) is 48.7 Å². The summed E-state index contributed by atoms with van der Waals surface area (Å²) in [7, 11) is 0. The number of phenols is 1. The third-order valence-electron chi connectivity index (χ3n) is 11.2. The molecule has 1 atom stereocenters. The van der Waals surface area contributed by atoms with Gasteiger partial charge in [-0.2, -0.15) is 0 Å². The molecule has 0 spiro atoms. The van der Waals surface area contributed by atoms with Crippen LogP contribution in [0.4, 0.5) is 0 Å². The maximum atomic E-state index is 11.1. The van der Waals surface area contributed by atoms with Gasteiger partial charge in [0.05, 0.1) is 28.0 Å². The molecule has 1 aliphatic carbocycles. The molecule has 9 aromatic rings. The average Bonchev–Trinajstić information content (AvgIpc) is 3.53. The van der Waals surface area contributed by atoms with Crippen molar-refractivity contribution < 1.29 is 26.2 Å². The van der Waals surface area contributed by atoms with E-state index in [1.165, 1.54) is 5.56 Å². The molecule has 1 aliphatic rings. The van der Waals surface area contributed by atoms with Gasteiger partial charge in [0.2, 0.25) is 0 Å². The van der Waals surface area contributed by atoms with Crippen molar-refractivity contribution in [1.82, 2.24) is 19.9 Å². The fourth-order valence-corrected chi connectivity index (χ4v) is 8.45. The number of fused-ring (bicyclic) bond motifs is 5. The Balaban J connectivity index is 0.00000422. The number of benzene rings is 6. The summed E-state index contributed by atoms with van der Waals surface area (Å²) in [5.41, 5.74) is 12.3. The van der Waals surface area contributed by atoms with Crippen LogP contribution in [0.2, 0.25) is 0 Å². The molecule has 0 bridgehead atoms. The first-order valence-electron chi connectivity index (χ1n) is 18.9. The Kier molecular flexibility index (Phi) is 8.94. The molecule has 1 unspecified atom stereocenters. The summed E-state index contributed by atoms with van der Waals surface area (Å²) >= 11 is 0. The van der Waals surface area contributed by atoms with Crippen molar-refractivity contribution >= 4 is 21.7 Å². The van der Waals surface area contributed by atoms with Crippen LogP contribution < -0.4 is 0 Å². The second kappa shape index (κ2) is 14.0. The Morgan fingerprint density at radius 1 is 0.596 bits per heavy atom. The Morgan fingerprint density at radius 2 is 1.32 bits per heavy atom. The molecule has 0 amide bonds. The fraction of sp³-hybridized carbons (Fsp3) is 0.0980. The van der Waals surface area contributed by atoms with E-state index >= 15 is 0 Å². The van der Waals surface area contributed by atoms with Gasteiger partial charge in [-0.05, 0) is 104 Å². The molecular formula is C51H37N4OPt-. The van der Waals surface area contributed by atoms with Gasteiger partial charge in [0.1, 0.15) is 12.1 Å². The first-order chi connectivity index (χ1) is 27.3. The maximum absolute atomic E-state index is 11.1. The van der Waals surface area contributed by atoms with Gasteiger partial charge in [-0.15, -0.1) is 35.4 Å². The second-order valence-corrected chi connectivity index (χ2v) is 15.6. The van der Waals surface area contributed by atoms with Crippen molar-refractivity contribution in [2.45, 2.75) is 31.6 Å². The molecule has 6 aromatic carbocycles. The minimum atomic E-state index is -0.914. The molecule has 0 radical (unpaired) electrons. The fourth-order valence-electron chi connectivity index (χ4n) is 8.45. The van der Waals surface area contributed by atoms with E-state index in [1.54, 1.807) is 12.4 Å². The molecule has 5 nitrogen and oxygen atoms in total. The van der Waals surface area contributed by atoms with E-state index in [0.717, 1.165) is 77.7 Å². The van der Waals surface area contributed by atoms with Crippen molar-refractivity contribution in [2.75, 3.05) is 0 Å². The number of phenolic OH excluding ortho intramolecular Hbond substituents is 1. The Bertz CT molecular complexity index is 2990. The van der Waals surface area contributed by atoms with Crippen LogP contribution in [0, 0.1) is 6.07 Å². The third-order valence-corrected chi connectivity index (χ3v) is 11.2. The summed E-state index contributed by atoms with van der Waals surface area (Å²) in [6.45, 7) is 6.77. The van der Waals surface area contributed by atoms with Crippen molar-refractivity contribution in [3.05, 3.63) is 198 Å². The zero-order chi connectivity index (χ0) is 38.0. The number of para-hydroxylation sites is 1. The monoisotopic (exact) mass is 916 g/mol. The number of aromatic nitrogens is 4. The van der Waals surface area contributed by atoms with Gasteiger partial charge in [0.15, 0.2) is 0 Å². The molecule has 3 aromatic heterocycles. The standard InChI is InChI=1S/C51H37N4O.Pt/c1-50(2,3)36-22-24-39-38-23-21-34(44-17-8-9-25-52-44)28-42(38)51(43(39)30-36,48-20-11-18-45(55-48)40-16-6-7-19-47(40)56)37-15-10-14-35(26-37)49-41-27-32-12-4-5-13-33(32)29-46(41)53-31-54-49;/h4-25,27-31,56H,1-3H3;/q-1;. The van der Waals surface area contributed by atoms with Gasteiger partial charge in [0, 0.05) is 38.4 Å². The molecule has 0 aliphatic heterocycles. The van der Waals surface area contributed by atoms with Gasteiger partial charge in [-0.1, -0.05) is 106 Å². The van der Waals surface area contributed by atoms with Crippen LogP contribution in [-0.2, 0) is 31.9 Å². The Labute approximate surface area is 346 Å². The predicted octanol–water partition coefficient (Wildman–Crippen LogP) is 11.7. The van der Waals surface area contributed by atoms with E-state index < -0.39 is 5.41 Å². The molecule has 6 heteroatoms. The summed E-state index contributed by atoms with van der Waals surface area (Å²) in [6.07, 6.45) is 3.49. The van der Waals surface area contributed by atoms with Gasteiger partial charge in [-0.25, -0.2) is 4.98 Å². The number of nitrogens with zero attached hydrogens (tertiary/aromatic N) is 4. The predicted molar refractivity (Wildman–Crippen MR) is 225 cm³/mol. The van der Waals surface area contributed by atoms with Crippen molar-refractivity contribution in [2.24, 2.45) is 0 Å². The maximum Gasteiger partial charge on any atom is 0.124 e. The zero-order valence-electron chi connectivity index (χ0n) is 31.6. The third kappa shape index (κ3) is 5.97. The summed E-state index contributed by atoms with van der Waals surface area (Å²) < 4.78 is 0. The van der Waals surface area contributed by atoms with Gasteiger partial charge < -0.3 is 5.11 Å². The first kappa shape index (κ1) is 36.4. The largest absolute Gasteiger partial charge is 0.507 e. The number of hydrogen-bond acceptors (Lipinski definition) is 5. The van der Waals surface area contributed by atoms with Crippen molar-refractivity contribution in [3.8, 4) is 50.6 Å². The molecule has 3 heterocycles. The number of hydrogen-bond donors (Lipinski definition) is 1. The second-order valence-electron chi connectivity index (χ2n) is 15.6. The van der Waals surface area contributed by atoms with Crippen LogP contribution in [0.25, 0.3) is 66.6 Å². The smallest absolute Gasteiger partial charge is 0.124 e. The van der Waals surface area contributed by atoms with E-state index in [0.29, 0.717) is 11.3 Å². The van der Waals surface area contributed by atoms with Crippen LogP contribution in [0.5, 0.6) is 5.75 Å². The zero-order valence-corrected chi connectivity index (χ0v) is 33.9. The van der Waals surface area contributed by atoms with E-state index in [1.807, 2.05) is 48.7 Å². The van der Waals surface area contributed by atoms with E-state index in [2.05, 4.69) is 130 Å². The Morgan fingerprint density at radius 3 is 2.11 bits per heavy atom. The van der Waals surface area contributed by atoms with Crippen LogP contribution in [0.3, 0.4) is 0 Å². The van der Waals surface area contributed by atoms with Crippen molar-refractivity contribution in [1.29, 1.82) is 0 Å². The average molecular weight is 917 g/mol. The van der Waals surface area contributed by atoms with E-state index in [9.17, 15) is 5.11 Å². The molecule has 0 saturated carbocycles. The Hall–Kier alpha value is -6.29. The molecular weight excluding hydrogens is 880 g/mol. The summed E-state index contributed by atoms with van der Waals surface area (Å²) in [4.78, 5) is 19.9.